The van der Waals surface area contributed by atoms with Crippen molar-refractivity contribution in [2.24, 2.45) is 5.41 Å². The maximum absolute atomic E-state index is 5.82. The summed E-state index contributed by atoms with van der Waals surface area (Å²) in [5.41, 5.74) is 6.31. The molecule has 0 aromatic carbocycles. The third-order valence-corrected chi connectivity index (χ3v) is 4.07. The second kappa shape index (κ2) is 5.55. The van der Waals surface area contributed by atoms with E-state index in [1.165, 1.54) is 25.7 Å². The summed E-state index contributed by atoms with van der Waals surface area (Å²) in [6, 6.07) is 1.83. The van der Waals surface area contributed by atoms with E-state index in [-0.39, 0.29) is 0 Å². The van der Waals surface area contributed by atoms with Gasteiger partial charge in [0.15, 0.2) is 0 Å². The van der Waals surface area contributed by atoms with Crippen molar-refractivity contribution in [3.8, 4) is 0 Å². The molecule has 1 aliphatic carbocycles. The molecule has 1 saturated carbocycles. The smallest absolute Gasteiger partial charge is 0.133 e. The molecule has 2 rings (SSSR count). The molecule has 0 radical (unpaired) electrons. The Bertz CT molecular complexity index is 393. The van der Waals surface area contributed by atoms with Crippen molar-refractivity contribution in [1.82, 2.24) is 9.97 Å². The molecule has 1 aliphatic rings. The van der Waals surface area contributed by atoms with Crippen molar-refractivity contribution in [2.45, 2.75) is 52.4 Å². The Morgan fingerprint density at radius 2 is 2.11 bits per heavy atom. The molecule has 100 valence electrons. The van der Waals surface area contributed by atoms with Gasteiger partial charge in [-0.15, -0.1) is 0 Å². The number of hydrogen-bond acceptors (Lipinski definition) is 4. The van der Waals surface area contributed by atoms with E-state index >= 15 is 0 Å². The number of nitrogen functional groups attached to an aromatic ring is 1. The summed E-state index contributed by atoms with van der Waals surface area (Å²) in [5, 5.41) is 3.45. The molecule has 0 saturated heterocycles. The maximum atomic E-state index is 5.82. The van der Waals surface area contributed by atoms with E-state index < -0.39 is 0 Å². The Balaban J connectivity index is 2.00. The van der Waals surface area contributed by atoms with Crippen molar-refractivity contribution >= 4 is 11.6 Å². The van der Waals surface area contributed by atoms with E-state index in [0.29, 0.717) is 11.2 Å². The zero-order chi connectivity index (χ0) is 13.0. The van der Waals surface area contributed by atoms with Crippen LogP contribution < -0.4 is 11.1 Å². The molecule has 1 aromatic rings. The van der Waals surface area contributed by atoms with Gasteiger partial charge >= 0.3 is 0 Å². The van der Waals surface area contributed by atoms with E-state index in [1.54, 1.807) is 0 Å². The average molecular weight is 248 g/mol. The van der Waals surface area contributed by atoms with E-state index in [4.69, 9.17) is 5.73 Å². The summed E-state index contributed by atoms with van der Waals surface area (Å²) in [6.07, 6.45) is 7.20. The van der Waals surface area contributed by atoms with E-state index in [0.717, 1.165) is 31.0 Å². The van der Waals surface area contributed by atoms with Gasteiger partial charge < -0.3 is 11.1 Å². The monoisotopic (exact) mass is 248 g/mol. The standard InChI is InChI=1S/C14H24N4/c1-3-6-12-17-11(15)9-13(18-12)16-10-14(4-2)7-5-8-14/h9H,3-8,10H2,1-2H3,(H3,15,16,17,18). The van der Waals surface area contributed by atoms with Crippen molar-refractivity contribution < 1.29 is 0 Å². The van der Waals surface area contributed by atoms with Crippen LogP contribution in [0.25, 0.3) is 0 Å². The van der Waals surface area contributed by atoms with Crippen LogP contribution in [0.5, 0.6) is 0 Å². The molecule has 0 amide bonds. The average Bonchev–Trinajstić information content (AvgIpc) is 2.28. The topological polar surface area (TPSA) is 63.8 Å². The van der Waals surface area contributed by atoms with Gasteiger partial charge in [0.2, 0.25) is 0 Å². The molecule has 1 heterocycles. The van der Waals surface area contributed by atoms with Gasteiger partial charge in [-0.3, -0.25) is 0 Å². The lowest BCUT2D eigenvalue weighted by Gasteiger charge is -2.41. The molecule has 0 spiro atoms. The third-order valence-electron chi connectivity index (χ3n) is 4.07. The number of rotatable bonds is 6. The predicted octanol–water partition coefficient (Wildman–Crippen LogP) is 3.00. The Morgan fingerprint density at radius 1 is 1.33 bits per heavy atom. The summed E-state index contributed by atoms with van der Waals surface area (Å²) >= 11 is 0. The molecule has 4 nitrogen and oxygen atoms in total. The van der Waals surface area contributed by atoms with Gasteiger partial charge in [-0.2, -0.15) is 0 Å². The van der Waals surface area contributed by atoms with Gasteiger partial charge in [0.25, 0.3) is 0 Å². The predicted molar refractivity (Wildman–Crippen MR) is 75.5 cm³/mol. The highest BCUT2D eigenvalue weighted by Crippen LogP contribution is 2.43. The van der Waals surface area contributed by atoms with Gasteiger partial charge in [-0.25, -0.2) is 9.97 Å². The second-order valence-corrected chi connectivity index (χ2v) is 5.40. The highest BCUT2D eigenvalue weighted by molar-refractivity contribution is 5.44. The Labute approximate surface area is 109 Å². The molecular formula is C14H24N4. The van der Waals surface area contributed by atoms with Crippen LogP contribution in [0.3, 0.4) is 0 Å². The van der Waals surface area contributed by atoms with Crippen LogP contribution in [-0.4, -0.2) is 16.5 Å². The fourth-order valence-electron chi connectivity index (χ4n) is 2.55. The van der Waals surface area contributed by atoms with Crippen molar-refractivity contribution in [3.63, 3.8) is 0 Å². The van der Waals surface area contributed by atoms with E-state index in [1.807, 2.05) is 6.07 Å². The van der Waals surface area contributed by atoms with Crippen LogP contribution in [-0.2, 0) is 6.42 Å². The fourth-order valence-corrected chi connectivity index (χ4v) is 2.55. The number of nitrogens with two attached hydrogens (primary N) is 1. The molecule has 18 heavy (non-hydrogen) atoms. The van der Waals surface area contributed by atoms with Crippen LogP contribution in [0.1, 0.15) is 51.8 Å². The Hall–Kier alpha value is -1.32. The van der Waals surface area contributed by atoms with Crippen LogP contribution >= 0.6 is 0 Å². The lowest BCUT2D eigenvalue weighted by atomic mass is 9.67. The fraction of sp³-hybridized carbons (Fsp3) is 0.714. The minimum absolute atomic E-state index is 0.491. The molecule has 0 unspecified atom stereocenters. The number of nitrogens with zero attached hydrogens (tertiary/aromatic N) is 2. The zero-order valence-corrected chi connectivity index (χ0v) is 11.5. The number of aryl methyl sites for hydroxylation is 1. The summed E-state index contributed by atoms with van der Waals surface area (Å²) < 4.78 is 0. The normalized spacial score (nSPS) is 17.2. The highest BCUT2D eigenvalue weighted by Gasteiger charge is 2.34. The summed E-state index contributed by atoms with van der Waals surface area (Å²) in [6.45, 7) is 5.41. The largest absolute Gasteiger partial charge is 0.384 e. The molecule has 3 N–H and O–H groups in total. The number of nitrogens with one attached hydrogen (secondary N) is 1. The van der Waals surface area contributed by atoms with Crippen LogP contribution in [0.15, 0.2) is 6.07 Å². The first-order valence-corrected chi connectivity index (χ1v) is 7.05. The maximum Gasteiger partial charge on any atom is 0.133 e. The lowest BCUT2D eigenvalue weighted by molar-refractivity contribution is 0.145. The molecule has 4 heteroatoms. The van der Waals surface area contributed by atoms with Gasteiger partial charge in [-0.05, 0) is 31.1 Å². The molecule has 0 aliphatic heterocycles. The zero-order valence-electron chi connectivity index (χ0n) is 11.5. The second-order valence-electron chi connectivity index (χ2n) is 5.40. The summed E-state index contributed by atoms with van der Waals surface area (Å²) in [7, 11) is 0. The molecular weight excluding hydrogens is 224 g/mol. The third kappa shape index (κ3) is 2.92. The SMILES string of the molecule is CCCc1nc(N)cc(NCC2(CC)CCC2)n1. The van der Waals surface area contributed by atoms with Gasteiger partial charge in [0, 0.05) is 19.0 Å². The van der Waals surface area contributed by atoms with Crippen molar-refractivity contribution in [3.05, 3.63) is 11.9 Å². The first kappa shape index (κ1) is 13.1. The molecule has 1 fully saturated rings. The Kier molecular flexibility index (Phi) is 4.04. The van der Waals surface area contributed by atoms with E-state index in [2.05, 4.69) is 29.1 Å². The van der Waals surface area contributed by atoms with Crippen LogP contribution in [0.2, 0.25) is 0 Å². The summed E-state index contributed by atoms with van der Waals surface area (Å²) in [5.74, 6) is 2.29. The number of hydrogen-bond donors (Lipinski definition) is 2. The Morgan fingerprint density at radius 3 is 2.67 bits per heavy atom. The first-order chi connectivity index (χ1) is 8.67. The lowest BCUT2D eigenvalue weighted by Crippen LogP contribution is -2.36. The molecule has 1 aromatic heterocycles. The molecule has 0 atom stereocenters. The van der Waals surface area contributed by atoms with Gasteiger partial charge in [0.05, 0.1) is 0 Å². The molecule has 0 bridgehead atoms. The van der Waals surface area contributed by atoms with Crippen molar-refractivity contribution in [2.75, 3.05) is 17.6 Å². The minimum atomic E-state index is 0.491. The van der Waals surface area contributed by atoms with Crippen LogP contribution in [0.4, 0.5) is 11.6 Å². The van der Waals surface area contributed by atoms with E-state index in [9.17, 15) is 0 Å². The van der Waals surface area contributed by atoms with Crippen LogP contribution in [0, 0.1) is 5.41 Å². The van der Waals surface area contributed by atoms with Gasteiger partial charge in [0.1, 0.15) is 17.5 Å². The highest BCUT2D eigenvalue weighted by atomic mass is 15.1. The number of anilines is 2. The quantitative estimate of drug-likeness (QED) is 0.812. The summed E-state index contributed by atoms with van der Waals surface area (Å²) in [4.78, 5) is 8.77. The minimum Gasteiger partial charge on any atom is -0.384 e. The van der Waals surface area contributed by atoms with Gasteiger partial charge in [-0.1, -0.05) is 20.3 Å². The number of aromatic nitrogens is 2. The first-order valence-electron chi connectivity index (χ1n) is 7.05. The van der Waals surface area contributed by atoms with Crippen molar-refractivity contribution in [1.29, 1.82) is 0 Å².